The maximum Gasteiger partial charge on any atom is 0.193 e. The Balaban J connectivity index is 1.43. The molecule has 0 saturated heterocycles. The molecular formula is C32H24ClFO8. The van der Waals surface area contributed by atoms with Crippen LogP contribution in [0.5, 0.6) is 23.0 Å². The molecule has 3 N–H and O–H groups in total. The van der Waals surface area contributed by atoms with E-state index in [2.05, 4.69) is 0 Å². The van der Waals surface area contributed by atoms with E-state index in [1.165, 1.54) is 38.1 Å². The Hall–Kier alpha value is -4.89. The monoisotopic (exact) mass is 590 g/mol. The molecule has 5 rings (SSSR count). The maximum atomic E-state index is 14.0. The molecule has 0 bridgehead atoms. The lowest BCUT2D eigenvalue weighted by Crippen LogP contribution is -2.38. The highest BCUT2D eigenvalue weighted by molar-refractivity contribution is 6.31. The van der Waals surface area contributed by atoms with Gasteiger partial charge in [0.05, 0.1) is 10.6 Å². The lowest BCUT2D eigenvalue weighted by molar-refractivity contribution is -0.123. The largest absolute Gasteiger partial charge is 0.507 e. The second-order valence-corrected chi connectivity index (χ2v) is 10.4. The minimum absolute atomic E-state index is 0.0658. The van der Waals surface area contributed by atoms with Crippen molar-refractivity contribution in [2.24, 2.45) is 0 Å². The van der Waals surface area contributed by atoms with Gasteiger partial charge in [-0.3, -0.25) is 14.4 Å². The Morgan fingerprint density at radius 1 is 1.10 bits per heavy atom. The number of carbonyl (C=O) groups excluding carboxylic acids is 3. The first-order valence-electron chi connectivity index (χ1n) is 12.7. The smallest absolute Gasteiger partial charge is 0.193 e. The Morgan fingerprint density at radius 2 is 1.79 bits per heavy atom. The van der Waals surface area contributed by atoms with Crippen LogP contribution in [0.2, 0.25) is 5.02 Å². The molecule has 3 aromatic carbocycles. The van der Waals surface area contributed by atoms with Gasteiger partial charge >= 0.3 is 0 Å². The molecule has 3 aromatic rings. The number of aliphatic hydroxyl groups is 1. The lowest BCUT2D eigenvalue weighted by Gasteiger charge is -2.28. The number of halogens is 2. The van der Waals surface area contributed by atoms with Crippen molar-refractivity contribution in [3.63, 3.8) is 0 Å². The third kappa shape index (κ3) is 4.52. The number of Topliss-reactive ketones (excluding diaryl/α,β-unsaturated/α-hetero) is 2. The minimum atomic E-state index is -1.72. The molecule has 0 radical (unpaired) electrons. The molecule has 0 spiro atoms. The van der Waals surface area contributed by atoms with Gasteiger partial charge in [-0.05, 0) is 56.7 Å². The minimum Gasteiger partial charge on any atom is -0.507 e. The summed E-state index contributed by atoms with van der Waals surface area (Å²) < 4.78 is 25.4. The van der Waals surface area contributed by atoms with Gasteiger partial charge in [0.1, 0.15) is 63.5 Å². The third-order valence-electron chi connectivity index (χ3n) is 7.40. The van der Waals surface area contributed by atoms with Gasteiger partial charge in [0.2, 0.25) is 0 Å². The number of aromatic hydroxyl groups is 2. The van der Waals surface area contributed by atoms with Gasteiger partial charge in [-0.1, -0.05) is 35.9 Å². The topological polar surface area (TPSA) is 130 Å². The highest BCUT2D eigenvalue weighted by Crippen LogP contribution is 2.57. The second-order valence-electron chi connectivity index (χ2n) is 10.0. The number of ether oxygens (including phenoxy) is 2. The number of fused-ring (bicyclic) bond motifs is 3. The second kappa shape index (κ2) is 10.5. The fourth-order valence-corrected chi connectivity index (χ4v) is 5.23. The molecule has 2 aliphatic rings. The van der Waals surface area contributed by atoms with Gasteiger partial charge in [0.15, 0.2) is 17.3 Å². The van der Waals surface area contributed by atoms with Crippen molar-refractivity contribution < 1.29 is 43.6 Å². The zero-order valence-corrected chi connectivity index (χ0v) is 23.4. The Labute approximate surface area is 244 Å². The Morgan fingerprint density at radius 3 is 2.43 bits per heavy atom. The van der Waals surface area contributed by atoms with Crippen LogP contribution < -0.4 is 9.47 Å². The maximum absolute atomic E-state index is 14.0. The van der Waals surface area contributed by atoms with Gasteiger partial charge in [0.25, 0.3) is 0 Å². The standard InChI is InChI=1S/C32H24ClFO8/c1-15-28(38)26(30-27(29(15)39)32(3)24(42-30)13-23(37)25(16(2)35)31(32)40)22(36)12-9-17-7-10-18(11-8-17)41-14-19-20(33)5-4-6-21(19)34/h4-13,37-39H,14H2,1-3H3/b12-9+/t32-/m1/s1. The van der Waals surface area contributed by atoms with Crippen LogP contribution in [0.4, 0.5) is 4.39 Å². The van der Waals surface area contributed by atoms with Crippen LogP contribution in [0.1, 0.15) is 46.5 Å². The van der Waals surface area contributed by atoms with E-state index in [4.69, 9.17) is 21.1 Å². The normalized spacial score (nSPS) is 17.5. The number of carbonyl (C=O) groups is 3. The van der Waals surface area contributed by atoms with E-state index in [0.717, 1.165) is 13.0 Å². The van der Waals surface area contributed by atoms with Gasteiger partial charge in [0, 0.05) is 17.2 Å². The van der Waals surface area contributed by atoms with E-state index < -0.39 is 51.4 Å². The van der Waals surface area contributed by atoms with Crippen molar-refractivity contribution in [3.05, 3.63) is 110 Å². The molecule has 10 heteroatoms. The molecule has 214 valence electrons. The van der Waals surface area contributed by atoms with E-state index in [0.29, 0.717) is 11.3 Å². The molecule has 1 atom stereocenters. The van der Waals surface area contributed by atoms with Crippen molar-refractivity contribution in [2.45, 2.75) is 32.8 Å². The number of ketones is 3. The molecule has 0 aromatic heterocycles. The molecule has 1 aliphatic carbocycles. The zero-order valence-electron chi connectivity index (χ0n) is 22.6. The number of hydrogen-bond acceptors (Lipinski definition) is 8. The van der Waals surface area contributed by atoms with Gasteiger partial charge in [-0.15, -0.1) is 0 Å². The quantitative estimate of drug-likeness (QED) is 0.169. The molecule has 1 heterocycles. The summed E-state index contributed by atoms with van der Waals surface area (Å²) in [5.74, 6) is -4.19. The van der Waals surface area contributed by atoms with E-state index in [1.807, 2.05) is 0 Å². The first-order valence-corrected chi connectivity index (χ1v) is 13.1. The van der Waals surface area contributed by atoms with Crippen LogP contribution in [0.3, 0.4) is 0 Å². The van der Waals surface area contributed by atoms with Crippen LogP contribution in [0.25, 0.3) is 6.08 Å². The van der Waals surface area contributed by atoms with E-state index in [-0.39, 0.29) is 45.4 Å². The summed E-state index contributed by atoms with van der Waals surface area (Å²) in [5, 5.41) is 32.4. The predicted molar refractivity (Wildman–Crippen MR) is 151 cm³/mol. The Bertz CT molecular complexity index is 1760. The SMILES string of the molecule is CC(=O)C1=C(O)C=C2Oc3c(C(=O)/C=C/c4ccc(OCc5c(F)cccc5Cl)cc4)c(O)c(C)c(O)c3[C@]2(C)C1=O. The summed E-state index contributed by atoms with van der Waals surface area (Å²) in [6.07, 6.45) is 3.75. The summed E-state index contributed by atoms with van der Waals surface area (Å²) in [7, 11) is 0. The summed E-state index contributed by atoms with van der Waals surface area (Å²) in [6.45, 7) is 3.83. The first-order chi connectivity index (χ1) is 19.9. The van der Waals surface area contributed by atoms with E-state index in [9.17, 15) is 34.1 Å². The van der Waals surface area contributed by atoms with Crippen LogP contribution in [0, 0.1) is 12.7 Å². The van der Waals surface area contributed by atoms with Crippen molar-refractivity contribution in [3.8, 4) is 23.0 Å². The van der Waals surface area contributed by atoms with Gasteiger partial charge in [-0.25, -0.2) is 4.39 Å². The van der Waals surface area contributed by atoms with Crippen LogP contribution in [0.15, 0.2) is 71.7 Å². The van der Waals surface area contributed by atoms with E-state index >= 15 is 0 Å². The highest BCUT2D eigenvalue weighted by atomic mass is 35.5. The predicted octanol–water partition coefficient (Wildman–Crippen LogP) is 6.19. The van der Waals surface area contributed by atoms with Crippen LogP contribution >= 0.6 is 11.6 Å². The van der Waals surface area contributed by atoms with Crippen LogP contribution in [-0.2, 0) is 21.6 Å². The van der Waals surface area contributed by atoms with Crippen LogP contribution in [-0.4, -0.2) is 32.7 Å². The zero-order chi connectivity index (χ0) is 30.5. The number of hydrogen-bond donors (Lipinski definition) is 3. The summed E-state index contributed by atoms with van der Waals surface area (Å²) >= 11 is 6.03. The van der Waals surface area contributed by atoms with Crippen molar-refractivity contribution >= 4 is 35.0 Å². The number of allylic oxidation sites excluding steroid dienone is 4. The molecule has 8 nitrogen and oxygen atoms in total. The fourth-order valence-electron chi connectivity index (χ4n) is 5.02. The van der Waals surface area contributed by atoms with Crippen molar-refractivity contribution in [1.82, 2.24) is 0 Å². The van der Waals surface area contributed by atoms with Gasteiger partial charge in [-0.2, -0.15) is 0 Å². The number of phenols is 2. The molecule has 0 saturated carbocycles. The number of aliphatic hydroxyl groups excluding tert-OH is 1. The fraction of sp³-hybridized carbons (Fsp3) is 0.156. The average molecular weight is 591 g/mol. The Kier molecular flexibility index (Phi) is 7.16. The van der Waals surface area contributed by atoms with Crippen molar-refractivity contribution in [2.75, 3.05) is 0 Å². The number of rotatable bonds is 7. The average Bonchev–Trinajstić information content (AvgIpc) is 3.23. The third-order valence-corrected chi connectivity index (χ3v) is 7.75. The molecule has 1 aliphatic heterocycles. The van der Waals surface area contributed by atoms with Gasteiger partial charge < -0.3 is 24.8 Å². The molecule has 0 amide bonds. The summed E-state index contributed by atoms with van der Waals surface area (Å²) in [6, 6.07) is 10.9. The molecular weight excluding hydrogens is 567 g/mol. The number of benzene rings is 3. The highest BCUT2D eigenvalue weighted by Gasteiger charge is 2.55. The molecule has 42 heavy (non-hydrogen) atoms. The number of phenolic OH excluding ortho intramolecular Hbond substituents is 2. The van der Waals surface area contributed by atoms with Crippen molar-refractivity contribution in [1.29, 1.82) is 0 Å². The molecule has 0 unspecified atom stereocenters. The lowest BCUT2D eigenvalue weighted by atomic mass is 9.71. The summed E-state index contributed by atoms with van der Waals surface area (Å²) in [4.78, 5) is 38.9. The van der Waals surface area contributed by atoms with E-state index in [1.54, 1.807) is 30.3 Å². The molecule has 0 fully saturated rings. The summed E-state index contributed by atoms with van der Waals surface area (Å²) in [5.41, 5.74) is -1.82. The first kappa shape index (κ1) is 28.6.